The lowest BCUT2D eigenvalue weighted by atomic mass is 10.1. The standard InChI is InChI=1S/C29H27ClFNO5S/c1-4-35-25-15-21(14-23(30)27(25)37-17-20-7-9-22(31)10-8-20)16-26-28(33)32(29(34)38-26)11-12-36-24-13-18(2)5-6-19(24)3/h5-10,13-16H,4,11-12,17H2,1-3H3/b26-16-. The highest BCUT2D eigenvalue weighted by Gasteiger charge is 2.35. The summed E-state index contributed by atoms with van der Waals surface area (Å²) in [6, 6.07) is 15.2. The third-order valence-electron chi connectivity index (χ3n) is 5.72. The fourth-order valence-corrected chi connectivity index (χ4v) is 4.90. The van der Waals surface area contributed by atoms with Crippen molar-refractivity contribution in [2.24, 2.45) is 0 Å². The molecular weight excluding hydrogens is 529 g/mol. The number of imide groups is 1. The topological polar surface area (TPSA) is 65.1 Å². The number of carbonyl (C=O) groups excluding carboxylic acids is 2. The van der Waals surface area contributed by atoms with Crippen molar-refractivity contribution in [3.8, 4) is 17.2 Å². The van der Waals surface area contributed by atoms with Crippen molar-refractivity contribution in [2.75, 3.05) is 19.8 Å². The molecule has 1 aliphatic rings. The minimum Gasteiger partial charge on any atom is -0.491 e. The van der Waals surface area contributed by atoms with Crippen LogP contribution in [0.3, 0.4) is 0 Å². The second-order valence-electron chi connectivity index (χ2n) is 8.63. The number of carbonyl (C=O) groups is 2. The van der Waals surface area contributed by atoms with Gasteiger partial charge in [0.25, 0.3) is 11.1 Å². The summed E-state index contributed by atoms with van der Waals surface area (Å²) in [5.41, 5.74) is 3.40. The predicted molar refractivity (Wildman–Crippen MR) is 147 cm³/mol. The molecule has 0 radical (unpaired) electrons. The van der Waals surface area contributed by atoms with Gasteiger partial charge in [-0.15, -0.1) is 0 Å². The van der Waals surface area contributed by atoms with Gasteiger partial charge in [-0.1, -0.05) is 35.9 Å². The summed E-state index contributed by atoms with van der Waals surface area (Å²) < 4.78 is 30.6. The van der Waals surface area contributed by atoms with Crippen LogP contribution in [-0.2, 0) is 11.4 Å². The third-order valence-corrected chi connectivity index (χ3v) is 6.90. The minimum atomic E-state index is -0.393. The fraction of sp³-hybridized carbons (Fsp3) is 0.241. The number of amides is 2. The largest absolute Gasteiger partial charge is 0.491 e. The molecular formula is C29H27ClFNO5S. The van der Waals surface area contributed by atoms with Crippen molar-refractivity contribution in [1.29, 1.82) is 0 Å². The van der Waals surface area contributed by atoms with Gasteiger partial charge in [0.15, 0.2) is 11.5 Å². The van der Waals surface area contributed by atoms with Crippen molar-refractivity contribution in [3.63, 3.8) is 0 Å². The predicted octanol–water partition coefficient (Wildman–Crippen LogP) is 7.19. The number of hydrogen-bond acceptors (Lipinski definition) is 6. The van der Waals surface area contributed by atoms with Gasteiger partial charge in [-0.25, -0.2) is 4.39 Å². The molecule has 0 bridgehead atoms. The van der Waals surface area contributed by atoms with E-state index >= 15 is 0 Å². The summed E-state index contributed by atoms with van der Waals surface area (Å²) >= 11 is 7.38. The van der Waals surface area contributed by atoms with Crippen LogP contribution < -0.4 is 14.2 Å². The molecule has 0 N–H and O–H groups in total. The van der Waals surface area contributed by atoms with Gasteiger partial charge in [-0.3, -0.25) is 14.5 Å². The molecule has 0 saturated carbocycles. The van der Waals surface area contributed by atoms with Gasteiger partial charge in [0.05, 0.1) is 23.1 Å². The first-order valence-electron chi connectivity index (χ1n) is 12.0. The van der Waals surface area contributed by atoms with Gasteiger partial charge in [0.1, 0.15) is 24.8 Å². The van der Waals surface area contributed by atoms with E-state index < -0.39 is 5.91 Å². The SMILES string of the molecule is CCOc1cc(/C=C2\SC(=O)N(CCOc3cc(C)ccc3C)C2=O)cc(Cl)c1OCc1ccc(F)cc1. The lowest BCUT2D eigenvalue weighted by molar-refractivity contribution is -0.123. The van der Waals surface area contributed by atoms with Gasteiger partial charge in [-0.05, 0) is 91.2 Å². The third kappa shape index (κ3) is 6.68. The number of ether oxygens (including phenoxy) is 3. The van der Waals surface area contributed by atoms with E-state index in [1.165, 1.54) is 17.0 Å². The molecule has 0 aromatic heterocycles. The number of thioether (sulfide) groups is 1. The summed E-state index contributed by atoms with van der Waals surface area (Å²) in [5.74, 6) is 0.744. The average Bonchev–Trinajstić information content (AvgIpc) is 3.14. The zero-order valence-electron chi connectivity index (χ0n) is 21.3. The van der Waals surface area contributed by atoms with E-state index in [4.69, 9.17) is 25.8 Å². The van der Waals surface area contributed by atoms with Crippen LogP contribution in [0.4, 0.5) is 9.18 Å². The molecule has 3 aromatic rings. The fourth-order valence-electron chi connectivity index (χ4n) is 3.76. The quantitative estimate of drug-likeness (QED) is 0.247. The molecule has 4 rings (SSSR count). The van der Waals surface area contributed by atoms with E-state index in [-0.39, 0.29) is 40.7 Å². The van der Waals surface area contributed by atoms with E-state index in [1.54, 1.807) is 30.3 Å². The Hall–Kier alpha value is -3.49. The van der Waals surface area contributed by atoms with Crippen molar-refractivity contribution in [1.82, 2.24) is 4.90 Å². The van der Waals surface area contributed by atoms with Crippen molar-refractivity contribution in [2.45, 2.75) is 27.4 Å². The Kier molecular flexibility index (Phi) is 8.97. The van der Waals surface area contributed by atoms with Gasteiger partial charge in [0, 0.05) is 0 Å². The molecule has 6 nitrogen and oxygen atoms in total. The van der Waals surface area contributed by atoms with Crippen LogP contribution in [0.1, 0.15) is 29.2 Å². The Labute approximate surface area is 230 Å². The van der Waals surface area contributed by atoms with Gasteiger partial charge >= 0.3 is 0 Å². The molecule has 0 unspecified atom stereocenters. The van der Waals surface area contributed by atoms with Crippen LogP contribution in [-0.4, -0.2) is 35.8 Å². The molecule has 1 saturated heterocycles. The van der Waals surface area contributed by atoms with Crippen LogP contribution in [0.2, 0.25) is 5.02 Å². The lowest BCUT2D eigenvalue weighted by Crippen LogP contribution is -2.32. The van der Waals surface area contributed by atoms with Crippen molar-refractivity contribution in [3.05, 3.63) is 92.6 Å². The van der Waals surface area contributed by atoms with E-state index in [2.05, 4.69) is 0 Å². The Balaban J connectivity index is 1.46. The lowest BCUT2D eigenvalue weighted by Gasteiger charge is -2.15. The van der Waals surface area contributed by atoms with E-state index in [1.807, 2.05) is 39.0 Å². The summed E-state index contributed by atoms with van der Waals surface area (Å²) in [5, 5.41) is -0.0772. The van der Waals surface area contributed by atoms with E-state index in [0.29, 0.717) is 23.7 Å². The van der Waals surface area contributed by atoms with E-state index in [9.17, 15) is 14.0 Å². The molecule has 2 amide bonds. The first-order chi connectivity index (χ1) is 18.2. The monoisotopic (exact) mass is 555 g/mol. The smallest absolute Gasteiger partial charge is 0.293 e. The normalized spacial score (nSPS) is 14.3. The first kappa shape index (κ1) is 27.5. The Morgan fingerprint density at radius 2 is 1.74 bits per heavy atom. The number of aryl methyl sites for hydroxylation is 2. The molecule has 1 heterocycles. The minimum absolute atomic E-state index is 0.135. The maximum absolute atomic E-state index is 13.2. The summed E-state index contributed by atoms with van der Waals surface area (Å²) in [7, 11) is 0. The first-order valence-corrected chi connectivity index (χ1v) is 13.2. The molecule has 1 fully saturated rings. The summed E-state index contributed by atoms with van der Waals surface area (Å²) in [6.07, 6.45) is 1.61. The zero-order valence-corrected chi connectivity index (χ0v) is 22.8. The molecule has 0 aliphatic carbocycles. The van der Waals surface area contributed by atoms with Crippen LogP contribution >= 0.6 is 23.4 Å². The number of hydrogen-bond donors (Lipinski definition) is 0. The van der Waals surface area contributed by atoms with Gasteiger partial charge < -0.3 is 14.2 Å². The second-order valence-corrected chi connectivity index (χ2v) is 10.0. The maximum atomic E-state index is 13.2. The Bertz CT molecular complexity index is 1380. The summed E-state index contributed by atoms with van der Waals surface area (Å²) in [4.78, 5) is 27.0. The van der Waals surface area contributed by atoms with Crippen LogP contribution in [0, 0.1) is 19.7 Å². The van der Waals surface area contributed by atoms with Crippen molar-refractivity contribution < 1.29 is 28.2 Å². The number of rotatable bonds is 10. The number of nitrogens with zero attached hydrogens (tertiary/aromatic N) is 1. The maximum Gasteiger partial charge on any atom is 0.293 e. The molecule has 9 heteroatoms. The average molecular weight is 556 g/mol. The van der Waals surface area contributed by atoms with Crippen LogP contribution in [0.15, 0.2) is 59.5 Å². The molecule has 0 atom stereocenters. The molecule has 38 heavy (non-hydrogen) atoms. The van der Waals surface area contributed by atoms with Crippen molar-refractivity contribution >= 4 is 40.6 Å². The highest BCUT2D eigenvalue weighted by atomic mass is 35.5. The van der Waals surface area contributed by atoms with Crippen LogP contribution in [0.5, 0.6) is 17.2 Å². The number of halogens is 2. The molecule has 198 valence electrons. The molecule has 3 aromatic carbocycles. The molecule has 1 aliphatic heterocycles. The highest BCUT2D eigenvalue weighted by molar-refractivity contribution is 8.18. The summed E-state index contributed by atoms with van der Waals surface area (Å²) in [6.45, 7) is 6.61. The Morgan fingerprint density at radius 1 is 0.974 bits per heavy atom. The van der Waals surface area contributed by atoms with E-state index in [0.717, 1.165) is 34.2 Å². The Morgan fingerprint density at radius 3 is 2.47 bits per heavy atom. The second kappa shape index (κ2) is 12.4. The molecule has 0 spiro atoms. The van der Waals surface area contributed by atoms with Gasteiger partial charge in [-0.2, -0.15) is 0 Å². The van der Waals surface area contributed by atoms with Crippen LogP contribution in [0.25, 0.3) is 6.08 Å². The van der Waals surface area contributed by atoms with Gasteiger partial charge in [0.2, 0.25) is 0 Å². The number of benzene rings is 3. The zero-order chi connectivity index (χ0) is 27.2. The highest BCUT2D eigenvalue weighted by Crippen LogP contribution is 2.39.